The molecule has 5 aliphatic rings. The van der Waals surface area contributed by atoms with Crippen LogP contribution in [0.4, 0.5) is 0 Å². The number of esters is 1. The first kappa shape index (κ1) is 55.5. The highest BCUT2D eigenvalue weighted by atomic mass is 16.6. The molecule has 1 saturated carbocycles. The average Bonchev–Trinajstić information content (AvgIpc) is 3.30. The van der Waals surface area contributed by atoms with Crippen LogP contribution in [0.5, 0.6) is 0 Å². The topological polar surface area (TPSA) is 205 Å². The number of amides is 1. The van der Waals surface area contributed by atoms with E-state index in [9.17, 15) is 39.3 Å². The predicted octanol–water partition coefficient (Wildman–Crippen LogP) is 5.95. The lowest BCUT2D eigenvalue weighted by molar-refractivity contribution is -0.267. The highest BCUT2D eigenvalue weighted by Crippen LogP contribution is 2.38. The second kappa shape index (κ2) is 25.6. The Bertz CT molecular complexity index is 1860. The van der Waals surface area contributed by atoms with Gasteiger partial charge in [0, 0.05) is 51.4 Å². The van der Waals surface area contributed by atoms with Crippen LogP contribution in [0.1, 0.15) is 126 Å². The van der Waals surface area contributed by atoms with Gasteiger partial charge in [0.2, 0.25) is 5.79 Å². The Labute approximate surface area is 404 Å². The molecule has 15 heteroatoms. The van der Waals surface area contributed by atoms with E-state index in [1.54, 1.807) is 34.0 Å². The van der Waals surface area contributed by atoms with Crippen LogP contribution in [0, 0.1) is 35.5 Å². The molecular formula is C53H81NO14. The van der Waals surface area contributed by atoms with Gasteiger partial charge in [0.1, 0.15) is 36.2 Å². The minimum Gasteiger partial charge on any atom is -0.460 e. The van der Waals surface area contributed by atoms with E-state index in [0.717, 1.165) is 12.0 Å². The number of methoxy groups -OCH3 is 2. The fraction of sp³-hybridized carbons (Fsp3) is 0.755. The highest BCUT2D eigenvalue weighted by molar-refractivity contribution is 6.39. The Morgan fingerprint density at radius 1 is 0.868 bits per heavy atom. The van der Waals surface area contributed by atoms with E-state index >= 15 is 0 Å². The van der Waals surface area contributed by atoms with Crippen LogP contribution in [-0.4, -0.2) is 144 Å². The van der Waals surface area contributed by atoms with Crippen LogP contribution in [0.2, 0.25) is 0 Å². The number of rotatable bonds is 7. The largest absolute Gasteiger partial charge is 0.460 e. The molecule has 382 valence electrons. The van der Waals surface area contributed by atoms with Crippen molar-refractivity contribution in [1.29, 1.82) is 0 Å². The molecule has 0 aromatic carbocycles. The van der Waals surface area contributed by atoms with Gasteiger partial charge in [-0.25, -0.2) is 4.79 Å². The maximum atomic E-state index is 14.4. The van der Waals surface area contributed by atoms with Gasteiger partial charge in [-0.3, -0.25) is 19.2 Å². The molecule has 0 aromatic rings. The number of nitrogens with zero attached hydrogens (tertiary/aromatic N) is 1. The quantitative estimate of drug-likeness (QED) is 0.153. The standard InChI is InChI=1S/C53H81NO14/c1-31-15-11-10-12-16-32(2)44(66-40-29-65-30-40)27-39-20-18-37(7)53(62,68-39)50(59)51(60)54-22-14-13-17-41(54)52(61)67-45(34(4)25-38-19-21-42(55)46(26-38)63-8)28-43(56)33(3)24-36(6)48(58)49(64-9)47(57)35(5)23-31/h10-12,15-16,24,31,33-35,37-42,44-46,48-49,55,58,62H,13-14,17-23,25-30H2,1-9H3/b12-10+,15-11+,32-16+,36-24+/t31-,33-,34?,35-,37-,38+,39+,41+,42-,44-,45+,46-,48-,49+,53-/m1/s1. The number of hydrogen-bond donors (Lipinski definition) is 3. The van der Waals surface area contributed by atoms with Crippen molar-refractivity contribution in [2.24, 2.45) is 35.5 Å². The number of hydrogen-bond acceptors (Lipinski definition) is 14. The van der Waals surface area contributed by atoms with Crippen molar-refractivity contribution >= 4 is 29.2 Å². The zero-order chi connectivity index (χ0) is 49.9. The van der Waals surface area contributed by atoms with Gasteiger partial charge in [-0.2, -0.15) is 0 Å². The molecule has 4 aliphatic heterocycles. The van der Waals surface area contributed by atoms with E-state index in [0.29, 0.717) is 76.6 Å². The fourth-order valence-electron chi connectivity index (χ4n) is 10.5. The number of ketones is 3. The molecule has 4 fully saturated rings. The van der Waals surface area contributed by atoms with Gasteiger partial charge in [-0.05, 0) is 107 Å². The Kier molecular flexibility index (Phi) is 20.9. The third-order valence-corrected chi connectivity index (χ3v) is 15.2. The summed E-state index contributed by atoms with van der Waals surface area (Å²) in [5, 5.41) is 34.1. The second-order valence-electron chi connectivity index (χ2n) is 20.7. The van der Waals surface area contributed by atoms with E-state index in [1.165, 1.54) is 12.0 Å². The average molecular weight is 956 g/mol. The lowest BCUT2D eigenvalue weighted by Crippen LogP contribution is -2.61. The number of aliphatic hydroxyl groups excluding tert-OH is 2. The van der Waals surface area contributed by atoms with E-state index in [-0.39, 0.29) is 60.9 Å². The lowest BCUT2D eigenvalue weighted by Gasteiger charge is -2.43. The number of cyclic esters (lactones) is 1. The molecule has 1 unspecified atom stereocenters. The summed E-state index contributed by atoms with van der Waals surface area (Å²) in [5.41, 5.74) is 1.27. The van der Waals surface area contributed by atoms with Gasteiger partial charge in [0.05, 0.1) is 37.6 Å². The molecule has 3 saturated heterocycles. The molecule has 2 bridgehead atoms. The molecular weight excluding hydrogens is 875 g/mol. The van der Waals surface area contributed by atoms with E-state index in [4.69, 9.17) is 28.4 Å². The van der Waals surface area contributed by atoms with E-state index < -0.39 is 83.9 Å². The van der Waals surface area contributed by atoms with Crippen LogP contribution in [0.3, 0.4) is 0 Å². The summed E-state index contributed by atoms with van der Waals surface area (Å²) in [5.74, 6) is -8.05. The first-order valence-corrected chi connectivity index (χ1v) is 25.1. The molecule has 3 N–H and O–H groups in total. The van der Waals surface area contributed by atoms with Gasteiger partial charge >= 0.3 is 5.97 Å². The second-order valence-corrected chi connectivity index (χ2v) is 20.7. The minimum absolute atomic E-state index is 0.00818. The number of ether oxygens (including phenoxy) is 6. The van der Waals surface area contributed by atoms with Crippen LogP contribution in [0.15, 0.2) is 47.6 Å². The number of fused-ring (bicyclic) bond motifs is 3. The molecule has 0 spiro atoms. The third-order valence-electron chi connectivity index (χ3n) is 15.2. The van der Waals surface area contributed by atoms with Gasteiger partial charge in [0.15, 0.2) is 5.78 Å². The molecule has 15 nitrogen and oxygen atoms in total. The van der Waals surface area contributed by atoms with Crippen LogP contribution in [-0.2, 0) is 52.4 Å². The smallest absolute Gasteiger partial charge is 0.329 e. The number of Topliss-reactive ketones (excluding diaryl/α,β-unsaturated/α-hetero) is 3. The van der Waals surface area contributed by atoms with Crippen molar-refractivity contribution in [2.45, 2.75) is 186 Å². The van der Waals surface area contributed by atoms with Crippen LogP contribution in [0.25, 0.3) is 0 Å². The monoisotopic (exact) mass is 956 g/mol. The molecule has 0 aromatic heterocycles. The van der Waals surface area contributed by atoms with Crippen molar-refractivity contribution in [1.82, 2.24) is 4.90 Å². The van der Waals surface area contributed by atoms with Crippen molar-refractivity contribution < 1.29 is 67.7 Å². The van der Waals surface area contributed by atoms with Crippen molar-refractivity contribution in [3.63, 3.8) is 0 Å². The lowest BCUT2D eigenvalue weighted by atomic mass is 9.78. The maximum Gasteiger partial charge on any atom is 0.329 e. The Morgan fingerprint density at radius 2 is 1.60 bits per heavy atom. The maximum absolute atomic E-state index is 14.4. The summed E-state index contributed by atoms with van der Waals surface area (Å²) in [6, 6.07) is -1.15. The molecule has 0 radical (unpaired) electrons. The van der Waals surface area contributed by atoms with Crippen molar-refractivity contribution in [2.75, 3.05) is 34.0 Å². The molecule has 1 aliphatic carbocycles. The molecule has 1 amide bonds. The summed E-state index contributed by atoms with van der Waals surface area (Å²) in [4.78, 5) is 72.2. The first-order chi connectivity index (χ1) is 32.3. The zero-order valence-corrected chi connectivity index (χ0v) is 42.0. The van der Waals surface area contributed by atoms with Gasteiger partial charge in [0.25, 0.3) is 11.7 Å². The fourth-order valence-corrected chi connectivity index (χ4v) is 10.5. The molecule has 15 atom stereocenters. The SMILES string of the molecule is CO[C@@H]1C[C@H](CC(C)[C@@H]2CC(=O)[C@H](C)/C=C(\C)[C@@H](O)[C@@H](OC)C(=O)[C@H](C)C[C@H](C)/C=C/C=C/C=C(\C)[C@H](OC3COC3)C[C@@H]3CC[C@@H](C)[C@@](O)(O3)C(=O)C(=O)N3CCCC[C@H]3C(=O)O2)CC[C@H]1O. The summed E-state index contributed by atoms with van der Waals surface area (Å²) in [7, 11) is 2.95. The van der Waals surface area contributed by atoms with Gasteiger partial charge < -0.3 is 48.6 Å². The number of allylic oxidation sites excluding steroid dienone is 6. The summed E-state index contributed by atoms with van der Waals surface area (Å²) in [6.07, 6.45) is 11.0. The van der Waals surface area contributed by atoms with Crippen LogP contribution < -0.4 is 0 Å². The number of aliphatic hydroxyl groups is 3. The summed E-state index contributed by atoms with van der Waals surface area (Å²) >= 11 is 0. The van der Waals surface area contributed by atoms with Gasteiger partial charge in [-0.1, -0.05) is 71.1 Å². The Hall–Kier alpha value is -3.41. The number of carbonyl (C=O) groups excluding carboxylic acids is 5. The van der Waals surface area contributed by atoms with Crippen LogP contribution >= 0.6 is 0 Å². The predicted molar refractivity (Wildman–Crippen MR) is 254 cm³/mol. The third kappa shape index (κ3) is 14.4. The van der Waals surface area contributed by atoms with Gasteiger partial charge in [-0.15, -0.1) is 0 Å². The molecule has 4 heterocycles. The normalized spacial score (nSPS) is 40.4. The zero-order valence-electron chi connectivity index (χ0n) is 42.0. The van der Waals surface area contributed by atoms with E-state index in [1.807, 2.05) is 58.1 Å². The number of piperidine rings is 1. The summed E-state index contributed by atoms with van der Waals surface area (Å²) in [6.45, 7) is 13.7. The molecule has 5 rings (SSSR count). The minimum atomic E-state index is -2.45. The Balaban J connectivity index is 1.47. The summed E-state index contributed by atoms with van der Waals surface area (Å²) < 4.78 is 35.5. The highest BCUT2D eigenvalue weighted by Gasteiger charge is 2.53. The number of carbonyl (C=O) groups is 5. The van der Waals surface area contributed by atoms with Crippen molar-refractivity contribution in [3.05, 3.63) is 47.6 Å². The van der Waals surface area contributed by atoms with E-state index in [2.05, 4.69) is 0 Å². The Morgan fingerprint density at radius 3 is 2.28 bits per heavy atom. The first-order valence-electron chi connectivity index (χ1n) is 25.1. The van der Waals surface area contributed by atoms with Crippen molar-refractivity contribution in [3.8, 4) is 0 Å². The molecule has 68 heavy (non-hydrogen) atoms.